The number of phenolic OH excluding ortho intramolecular Hbond substituents is 1. The summed E-state index contributed by atoms with van der Waals surface area (Å²) in [5.41, 5.74) is 1.28. The normalized spacial score (nSPS) is 14.1. The highest BCUT2D eigenvalue weighted by atomic mass is 16.3. The molecule has 1 aromatic carbocycles. The third-order valence-corrected chi connectivity index (χ3v) is 3.33. The van der Waals surface area contributed by atoms with Crippen LogP contribution in [0.3, 0.4) is 0 Å². The van der Waals surface area contributed by atoms with Crippen LogP contribution in [-0.2, 0) is 0 Å². The fourth-order valence-electron chi connectivity index (χ4n) is 1.54. The molecule has 3 heteroatoms. The number of amides is 1. The van der Waals surface area contributed by atoms with Crippen LogP contribution < -0.4 is 5.32 Å². The summed E-state index contributed by atoms with van der Waals surface area (Å²) in [7, 11) is 0. The molecule has 0 aliphatic carbocycles. The molecular formula is C14H21NO2. The van der Waals surface area contributed by atoms with Crippen LogP contribution in [0.5, 0.6) is 5.75 Å². The van der Waals surface area contributed by atoms with E-state index in [1.54, 1.807) is 19.1 Å². The minimum atomic E-state index is -0.131. The van der Waals surface area contributed by atoms with Gasteiger partial charge in [0, 0.05) is 11.6 Å². The van der Waals surface area contributed by atoms with Crippen LogP contribution in [0.2, 0.25) is 0 Å². The van der Waals surface area contributed by atoms with Gasteiger partial charge in [-0.15, -0.1) is 0 Å². The quantitative estimate of drug-likeness (QED) is 0.843. The van der Waals surface area contributed by atoms with Gasteiger partial charge in [-0.1, -0.05) is 26.3 Å². The highest BCUT2D eigenvalue weighted by Crippen LogP contribution is 2.17. The number of nitrogens with one attached hydrogen (secondary N) is 1. The molecule has 1 amide bonds. The van der Waals surface area contributed by atoms with Gasteiger partial charge in [0.05, 0.1) is 0 Å². The second kappa shape index (κ2) is 5.71. The summed E-state index contributed by atoms with van der Waals surface area (Å²) in [6, 6.07) is 5.12. The van der Waals surface area contributed by atoms with Crippen molar-refractivity contribution in [1.29, 1.82) is 0 Å². The Morgan fingerprint density at radius 3 is 2.59 bits per heavy atom. The van der Waals surface area contributed by atoms with Crippen molar-refractivity contribution < 1.29 is 9.90 Å². The number of benzene rings is 1. The first kappa shape index (κ1) is 13.6. The van der Waals surface area contributed by atoms with Crippen molar-refractivity contribution in [3.05, 3.63) is 29.3 Å². The van der Waals surface area contributed by atoms with Gasteiger partial charge in [-0.05, 0) is 37.5 Å². The van der Waals surface area contributed by atoms with E-state index in [0.717, 1.165) is 12.0 Å². The summed E-state index contributed by atoms with van der Waals surface area (Å²) in [5.74, 6) is 0.472. The molecule has 0 bridgehead atoms. The van der Waals surface area contributed by atoms with Crippen molar-refractivity contribution in [2.45, 2.75) is 40.2 Å². The van der Waals surface area contributed by atoms with Gasteiger partial charge in [-0.3, -0.25) is 4.79 Å². The highest BCUT2D eigenvalue weighted by molar-refractivity contribution is 5.94. The molecule has 0 saturated carbocycles. The van der Waals surface area contributed by atoms with E-state index in [2.05, 4.69) is 19.2 Å². The van der Waals surface area contributed by atoms with E-state index < -0.39 is 0 Å². The van der Waals surface area contributed by atoms with E-state index in [-0.39, 0.29) is 17.7 Å². The number of carbonyl (C=O) groups excluding carboxylic acids is 1. The van der Waals surface area contributed by atoms with Gasteiger partial charge >= 0.3 is 0 Å². The zero-order valence-electron chi connectivity index (χ0n) is 10.9. The fraction of sp³-hybridized carbons (Fsp3) is 0.500. The molecule has 0 radical (unpaired) electrons. The molecule has 1 aromatic rings. The zero-order valence-corrected chi connectivity index (χ0v) is 10.9. The Labute approximate surface area is 103 Å². The lowest BCUT2D eigenvalue weighted by Gasteiger charge is -2.20. The van der Waals surface area contributed by atoms with E-state index in [4.69, 9.17) is 0 Å². The molecule has 0 saturated heterocycles. The summed E-state index contributed by atoms with van der Waals surface area (Å²) >= 11 is 0. The van der Waals surface area contributed by atoms with Crippen LogP contribution in [-0.4, -0.2) is 17.1 Å². The maximum atomic E-state index is 11.9. The van der Waals surface area contributed by atoms with Crippen LogP contribution in [0.25, 0.3) is 0 Å². The molecule has 94 valence electrons. The topological polar surface area (TPSA) is 49.3 Å². The van der Waals surface area contributed by atoms with Gasteiger partial charge < -0.3 is 10.4 Å². The third-order valence-electron chi connectivity index (χ3n) is 3.33. The van der Waals surface area contributed by atoms with Crippen molar-refractivity contribution in [3.8, 4) is 5.75 Å². The third kappa shape index (κ3) is 3.48. The van der Waals surface area contributed by atoms with Crippen LogP contribution in [0.15, 0.2) is 18.2 Å². The van der Waals surface area contributed by atoms with Gasteiger partial charge in [0.25, 0.3) is 5.91 Å². The number of aryl methyl sites for hydroxylation is 1. The molecule has 0 fully saturated rings. The largest absolute Gasteiger partial charge is 0.508 e. The van der Waals surface area contributed by atoms with E-state index in [9.17, 15) is 9.90 Å². The summed E-state index contributed by atoms with van der Waals surface area (Å²) < 4.78 is 0. The number of phenols is 1. The van der Waals surface area contributed by atoms with Crippen molar-refractivity contribution in [3.63, 3.8) is 0 Å². The summed E-state index contributed by atoms with van der Waals surface area (Å²) in [6.45, 7) is 8.02. The molecule has 1 rings (SSSR count). The first-order valence-electron chi connectivity index (χ1n) is 6.06. The summed E-state index contributed by atoms with van der Waals surface area (Å²) in [6.07, 6.45) is 1.03. The van der Waals surface area contributed by atoms with Crippen LogP contribution in [0.1, 0.15) is 43.1 Å². The number of aromatic hydroxyl groups is 1. The predicted octanol–water partition coefficient (Wildman–Crippen LogP) is 2.87. The smallest absolute Gasteiger partial charge is 0.251 e. The lowest BCUT2D eigenvalue weighted by atomic mass is 10.0. The number of carbonyl (C=O) groups is 1. The van der Waals surface area contributed by atoms with Gasteiger partial charge in [0.1, 0.15) is 5.75 Å². The molecular weight excluding hydrogens is 214 g/mol. The number of hydrogen-bond acceptors (Lipinski definition) is 2. The first-order valence-corrected chi connectivity index (χ1v) is 6.06. The van der Waals surface area contributed by atoms with Crippen LogP contribution in [0, 0.1) is 12.8 Å². The molecule has 2 atom stereocenters. The molecule has 17 heavy (non-hydrogen) atoms. The standard InChI is InChI=1S/C14H21NO2/c1-5-9(2)11(4)15-14(17)12-7-6-10(3)13(16)8-12/h6-9,11,16H,5H2,1-4H3,(H,15,17). The Bertz CT molecular complexity index is 401. The Hall–Kier alpha value is -1.51. The Balaban J connectivity index is 2.73. The maximum absolute atomic E-state index is 11.9. The molecule has 2 unspecified atom stereocenters. The fourth-order valence-corrected chi connectivity index (χ4v) is 1.54. The lowest BCUT2D eigenvalue weighted by molar-refractivity contribution is 0.0927. The first-order chi connectivity index (χ1) is 7.95. The zero-order chi connectivity index (χ0) is 13.0. The van der Waals surface area contributed by atoms with Crippen molar-refractivity contribution in [1.82, 2.24) is 5.32 Å². The molecule has 0 aliphatic heterocycles. The van der Waals surface area contributed by atoms with E-state index >= 15 is 0 Å². The second-order valence-corrected chi connectivity index (χ2v) is 4.65. The van der Waals surface area contributed by atoms with Crippen LogP contribution >= 0.6 is 0 Å². The van der Waals surface area contributed by atoms with Gasteiger partial charge in [0.2, 0.25) is 0 Å². The van der Waals surface area contributed by atoms with Crippen molar-refractivity contribution >= 4 is 5.91 Å². The maximum Gasteiger partial charge on any atom is 0.251 e. The van der Waals surface area contributed by atoms with Crippen molar-refractivity contribution in [2.75, 3.05) is 0 Å². The number of rotatable bonds is 4. The monoisotopic (exact) mass is 235 g/mol. The average Bonchev–Trinajstić information content (AvgIpc) is 2.31. The number of hydrogen-bond donors (Lipinski definition) is 2. The lowest BCUT2D eigenvalue weighted by Crippen LogP contribution is -2.36. The van der Waals surface area contributed by atoms with Gasteiger partial charge in [-0.25, -0.2) is 0 Å². The van der Waals surface area contributed by atoms with E-state index in [1.807, 2.05) is 6.92 Å². The Morgan fingerprint density at radius 2 is 2.06 bits per heavy atom. The predicted molar refractivity (Wildman–Crippen MR) is 69.2 cm³/mol. The molecule has 0 heterocycles. The minimum Gasteiger partial charge on any atom is -0.508 e. The molecule has 2 N–H and O–H groups in total. The summed E-state index contributed by atoms with van der Waals surface area (Å²) in [5, 5.41) is 12.5. The molecule has 0 aliphatic rings. The Morgan fingerprint density at radius 1 is 1.41 bits per heavy atom. The highest BCUT2D eigenvalue weighted by Gasteiger charge is 2.14. The minimum absolute atomic E-state index is 0.131. The second-order valence-electron chi connectivity index (χ2n) is 4.65. The molecule has 0 aromatic heterocycles. The average molecular weight is 235 g/mol. The van der Waals surface area contributed by atoms with Gasteiger partial charge in [0.15, 0.2) is 0 Å². The Kier molecular flexibility index (Phi) is 4.55. The molecule has 0 spiro atoms. The van der Waals surface area contributed by atoms with Gasteiger partial charge in [-0.2, -0.15) is 0 Å². The SMILES string of the molecule is CCC(C)C(C)NC(=O)c1ccc(C)c(O)c1. The van der Waals surface area contributed by atoms with Crippen molar-refractivity contribution in [2.24, 2.45) is 5.92 Å². The summed E-state index contributed by atoms with van der Waals surface area (Å²) in [4.78, 5) is 11.9. The van der Waals surface area contributed by atoms with E-state index in [1.165, 1.54) is 6.07 Å². The molecule has 3 nitrogen and oxygen atoms in total. The van der Waals surface area contributed by atoms with Crippen LogP contribution in [0.4, 0.5) is 0 Å². The van der Waals surface area contributed by atoms with E-state index in [0.29, 0.717) is 11.5 Å².